The summed E-state index contributed by atoms with van der Waals surface area (Å²) in [5.74, 6) is 0.962. The number of fused-ring (bicyclic) bond motifs is 1. The molecule has 7 heteroatoms. The fraction of sp³-hybridized carbons (Fsp3) is 0.720. The quantitative estimate of drug-likeness (QED) is 0.725. The molecule has 2 aromatic rings. The van der Waals surface area contributed by atoms with E-state index in [9.17, 15) is 14.7 Å². The van der Waals surface area contributed by atoms with E-state index in [1.807, 2.05) is 16.3 Å². The van der Waals surface area contributed by atoms with Crippen molar-refractivity contribution in [1.29, 1.82) is 0 Å². The second-order valence-electron chi connectivity index (χ2n) is 10.4. The van der Waals surface area contributed by atoms with Crippen molar-refractivity contribution in [3.63, 3.8) is 0 Å². The van der Waals surface area contributed by atoms with Crippen LogP contribution in [0.3, 0.4) is 0 Å². The Labute approximate surface area is 193 Å². The molecular formula is C25H35N3O3S. The third kappa shape index (κ3) is 4.03. The van der Waals surface area contributed by atoms with Crippen molar-refractivity contribution >= 4 is 27.5 Å². The zero-order valence-electron chi connectivity index (χ0n) is 18.9. The maximum absolute atomic E-state index is 13.1. The standard InChI is InChI=1S/C25H35N3O3S/c29-21(9-8-19-6-2-1-3-7-19)27-14-13-25(31,24(16-27)11-4-5-12-24)17-28-18-26-22-20(23(28)30)10-15-32-22/h10,15,18-19,31H,1-9,11-14,16-17H2. The Morgan fingerprint density at radius 1 is 1.16 bits per heavy atom. The molecule has 32 heavy (non-hydrogen) atoms. The first-order chi connectivity index (χ1) is 15.5. The number of aromatic nitrogens is 2. The number of carbonyl (C=O) groups excluding carboxylic acids is 1. The van der Waals surface area contributed by atoms with Gasteiger partial charge in [-0.15, -0.1) is 11.3 Å². The zero-order valence-corrected chi connectivity index (χ0v) is 19.7. The van der Waals surface area contributed by atoms with Crippen LogP contribution in [0.25, 0.3) is 10.2 Å². The fourth-order valence-electron chi connectivity index (χ4n) is 6.56. The molecule has 3 fully saturated rings. The third-order valence-electron chi connectivity index (χ3n) is 8.56. The van der Waals surface area contributed by atoms with Crippen LogP contribution in [0, 0.1) is 11.3 Å². The molecule has 0 radical (unpaired) electrons. The fourth-order valence-corrected chi connectivity index (χ4v) is 7.28. The van der Waals surface area contributed by atoms with Gasteiger partial charge >= 0.3 is 0 Å². The van der Waals surface area contributed by atoms with Gasteiger partial charge in [0.1, 0.15) is 4.83 Å². The van der Waals surface area contributed by atoms with Gasteiger partial charge in [-0.2, -0.15) is 0 Å². The van der Waals surface area contributed by atoms with E-state index in [0.29, 0.717) is 37.2 Å². The van der Waals surface area contributed by atoms with Gasteiger partial charge in [0.2, 0.25) is 5.91 Å². The Morgan fingerprint density at radius 3 is 2.72 bits per heavy atom. The minimum absolute atomic E-state index is 0.0798. The maximum atomic E-state index is 13.1. The van der Waals surface area contributed by atoms with Crippen LogP contribution in [0.1, 0.15) is 77.0 Å². The lowest BCUT2D eigenvalue weighted by molar-refractivity contribution is -0.160. The summed E-state index contributed by atoms with van der Waals surface area (Å²) in [7, 11) is 0. The van der Waals surface area contributed by atoms with Crippen molar-refractivity contribution in [3.8, 4) is 0 Å². The monoisotopic (exact) mass is 457 g/mol. The lowest BCUT2D eigenvalue weighted by atomic mass is 9.65. The Morgan fingerprint density at radius 2 is 1.94 bits per heavy atom. The van der Waals surface area contributed by atoms with Crippen molar-refractivity contribution in [2.24, 2.45) is 11.3 Å². The predicted molar refractivity (Wildman–Crippen MR) is 127 cm³/mol. The van der Waals surface area contributed by atoms with Gasteiger partial charge in [-0.25, -0.2) is 4.98 Å². The van der Waals surface area contributed by atoms with Crippen LogP contribution in [0.4, 0.5) is 0 Å². The summed E-state index contributed by atoms with van der Waals surface area (Å²) in [6.07, 6.45) is 14.2. The van der Waals surface area contributed by atoms with Crippen LogP contribution in [-0.4, -0.2) is 44.2 Å². The smallest absolute Gasteiger partial charge is 0.262 e. The molecule has 1 N–H and O–H groups in total. The predicted octanol–water partition coefficient (Wildman–Crippen LogP) is 4.34. The van der Waals surface area contributed by atoms with Gasteiger partial charge < -0.3 is 10.0 Å². The zero-order chi connectivity index (χ0) is 22.2. The molecule has 2 saturated carbocycles. The van der Waals surface area contributed by atoms with Gasteiger partial charge in [-0.05, 0) is 43.0 Å². The number of hydrogen-bond donors (Lipinski definition) is 1. The van der Waals surface area contributed by atoms with Gasteiger partial charge in [0.05, 0.1) is 23.9 Å². The molecule has 1 saturated heterocycles. The third-order valence-corrected chi connectivity index (χ3v) is 9.38. The number of rotatable bonds is 5. The Bertz CT molecular complexity index is 1020. The number of hydrogen-bond acceptors (Lipinski definition) is 5. The van der Waals surface area contributed by atoms with E-state index in [2.05, 4.69) is 4.98 Å². The number of likely N-dealkylation sites (tertiary alicyclic amines) is 1. The molecule has 1 unspecified atom stereocenters. The Hall–Kier alpha value is -1.73. The highest BCUT2D eigenvalue weighted by Crippen LogP contribution is 2.51. The summed E-state index contributed by atoms with van der Waals surface area (Å²) >= 11 is 1.46. The second-order valence-corrected chi connectivity index (χ2v) is 11.3. The minimum Gasteiger partial charge on any atom is -0.387 e. The number of piperidine rings is 1. The number of aliphatic hydroxyl groups is 1. The van der Waals surface area contributed by atoms with Crippen LogP contribution >= 0.6 is 11.3 Å². The van der Waals surface area contributed by atoms with Gasteiger partial charge in [0.25, 0.3) is 5.56 Å². The largest absolute Gasteiger partial charge is 0.387 e. The molecule has 1 spiro atoms. The molecule has 6 nitrogen and oxygen atoms in total. The van der Waals surface area contributed by atoms with E-state index in [0.717, 1.165) is 36.9 Å². The summed E-state index contributed by atoms with van der Waals surface area (Å²) in [6, 6.07) is 1.81. The highest BCUT2D eigenvalue weighted by molar-refractivity contribution is 7.16. The molecule has 0 bridgehead atoms. The first-order valence-electron chi connectivity index (χ1n) is 12.4. The molecule has 3 heterocycles. The molecular weight excluding hydrogens is 422 g/mol. The highest BCUT2D eigenvalue weighted by atomic mass is 32.1. The van der Waals surface area contributed by atoms with Crippen molar-refractivity contribution in [3.05, 3.63) is 28.1 Å². The van der Waals surface area contributed by atoms with E-state index in [4.69, 9.17) is 0 Å². The SMILES string of the molecule is O=C(CCC1CCCCC1)N1CCC(O)(Cn2cnc3sccc3c2=O)C2(CCCC2)C1. The van der Waals surface area contributed by atoms with Crippen LogP contribution in [0.2, 0.25) is 0 Å². The van der Waals surface area contributed by atoms with Crippen LogP contribution in [0.5, 0.6) is 0 Å². The summed E-state index contributed by atoms with van der Waals surface area (Å²) < 4.78 is 1.59. The lowest BCUT2D eigenvalue weighted by Gasteiger charge is -2.52. The van der Waals surface area contributed by atoms with E-state index >= 15 is 0 Å². The minimum atomic E-state index is -0.987. The van der Waals surface area contributed by atoms with E-state index < -0.39 is 5.60 Å². The molecule has 0 aromatic carbocycles. The molecule has 2 aliphatic carbocycles. The second kappa shape index (κ2) is 8.90. The van der Waals surface area contributed by atoms with E-state index in [1.54, 1.807) is 10.9 Å². The molecule has 1 aliphatic heterocycles. The summed E-state index contributed by atoms with van der Waals surface area (Å²) in [4.78, 5) is 33.3. The molecule has 1 atom stereocenters. The number of nitrogens with zero attached hydrogens (tertiary/aromatic N) is 3. The first-order valence-corrected chi connectivity index (χ1v) is 13.3. The maximum Gasteiger partial charge on any atom is 0.262 e. The molecule has 174 valence electrons. The number of carbonyl (C=O) groups is 1. The van der Waals surface area contributed by atoms with Gasteiger partial charge in [-0.3, -0.25) is 14.2 Å². The molecule has 3 aliphatic rings. The van der Waals surface area contributed by atoms with E-state index in [1.165, 1.54) is 43.4 Å². The summed E-state index contributed by atoms with van der Waals surface area (Å²) in [6.45, 7) is 1.45. The first kappa shape index (κ1) is 22.1. The topological polar surface area (TPSA) is 75.4 Å². The van der Waals surface area contributed by atoms with Crippen molar-refractivity contribution in [2.45, 2.75) is 89.2 Å². The lowest BCUT2D eigenvalue weighted by Crippen LogP contribution is -2.62. The summed E-state index contributed by atoms with van der Waals surface area (Å²) in [5.41, 5.74) is -1.39. The molecule has 5 rings (SSSR count). The molecule has 2 aromatic heterocycles. The van der Waals surface area contributed by atoms with Crippen LogP contribution in [0.15, 0.2) is 22.6 Å². The van der Waals surface area contributed by atoms with Crippen molar-refractivity contribution in [1.82, 2.24) is 14.5 Å². The van der Waals surface area contributed by atoms with Gasteiger partial charge in [-0.1, -0.05) is 44.9 Å². The Kier molecular flexibility index (Phi) is 6.14. The number of amides is 1. The Balaban J connectivity index is 1.31. The van der Waals surface area contributed by atoms with E-state index in [-0.39, 0.29) is 23.4 Å². The van der Waals surface area contributed by atoms with Crippen LogP contribution < -0.4 is 5.56 Å². The van der Waals surface area contributed by atoms with Gasteiger partial charge in [0.15, 0.2) is 0 Å². The normalized spacial score (nSPS) is 26.2. The van der Waals surface area contributed by atoms with Crippen molar-refractivity contribution < 1.29 is 9.90 Å². The highest BCUT2D eigenvalue weighted by Gasteiger charge is 2.55. The molecule has 1 amide bonds. The summed E-state index contributed by atoms with van der Waals surface area (Å²) in [5, 5.41) is 14.4. The number of thiophene rings is 1. The van der Waals surface area contributed by atoms with Crippen molar-refractivity contribution in [2.75, 3.05) is 13.1 Å². The average Bonchev–Trinajstić information content (AvgIpc) is 3.48. The van der Waals surface area contributed by atoms with Crippen LogP contribution in [-0.2, 0) is 11.3 Å². The van der Waals surface area contributed by atoms with Gasteiger partial charge in [0, 0.05) is 24.9 Å². The average molecular weight is 458 g/mol.